The van der Waals surface area contributed by atoms with Gasteiger partial charge in [-0.05, 0) is 12.5 Å². The summed E-state index contributed by atoms with van der Waals surface area (Å²) in [5.74, 6) is -1.41. The molecule has 1 amide bonds. The molecule has 2 aromatic rings. The normalized spacial score (nSPS) is 12.0. The molecule has 0 saturated heterocycles. The molecule has 0 aliphatic carbocycles. The minimum atomic E-state index is -0.974. The Bertz CT molecular complexity index is 736. The third-order valence-corrected chi connectivity index (χ3v) is 3.24. The number of carbonyl (C=O) groups is 2. The molecule has 21 heavy (non-hydrogen) atoms. The minimum absolute atomic E-state index is 0.149. The molecule has 1 atom stereocenters. The summed E-state index contributed by atoms with van der Waals surface area (Å²) in [6, 6.07) is 7.74. The molecule has 3 N–H and O–H groups in total. The van der Waals surface area contributed by atoms with Gasteiger partial charge in [-0.2, -0.15) is 0 Å². The van der Waals surface area contributed by atoms with E-state index in [0.29, 0.717) is 17.3 Å². The van der Waals surface area contributed by atoms with E-state index in [1.807, 2.05) is 0 Å². The number of aromatic nitrogens is 1. The predicted octanol–water partition coefficient (Wildman–Crippen LogP) is 1.51. The molecular formula is C15H16N2O4. The number of benzene rings is 1. The Balaban J connectivity index is 2.35. The first-order chi connectivity index (χ1) is 10.0. The van der Waals surface area contributed by atoms with Gasteiger partial charge in [-0.15, -0.1) is 0 Å². The number of hydrogen-bond donors (Lipinski definition) is 3. The van der Waals surface area contributed by atoms with Crippen molar-refractivity contribution in [2.75, 3.05) is 0 Å². The summed E-state index contributed by atoms with van der Waals surface area (Å²) in [6.45, 7) is 1.80. The number of aliphatic carboxylic acids is 1. The summed E-state index contributed by atoms with van der Waals surface area (Å²) in [4.78, 5) is 37.3. The van der Waals surface area contributed by atoms with Crippen molar-refractivity contribution in [1.82, 2.24) is 10.3 Å². The van der Waals surface area contributed by atoms with Gasteiger partial charge in [0.25, 0.3) is 5.91 Å². The SMILES string of the molecule is CCC(CC(=O)O)NC(=O)c1cc(=O)[nH]c2ccccc12. The number of pyridine rings is 1. The summed E-state index contributed by atoms with van der Waals surface area (Å²) in [7, 11) is 0. The highest BCUT2D eigenvalue weighted by atomic mass is 16.4. The van der Waals surface area contributed by atoms with Gasteiger partial charge in [0.1, 0.15) is 0 Å². The van der Waals surface area contributed by atoms with Crippen LogP contribution in [0.1, 0.15) is 30.1 Å². The lowest BCUT2D eigenvalue weighted by Crippen LogP contribution is -2.36. The van der Waals surface area contributed by atoms with Gasteiger partial charge in [-0.1, -0.05) is 25.1 Å². The first-order valence-electron chi connectivity index (χ1n) is 6.66. The molecule has 0 bridgehead atoms. The third kappa shape index (κ3) is 3.47. The molecule has 1 aromatic heterocycles. The van der Waals surface area contributed by atoms with Gasteiger partial charge in [0.2, 0.25) is 5.56 Å². The summed E-state index contributed by atoms with van der Waals surface area (Å²) in [5, 5.41) is 12.1. The van der Waals surface area contributed by atoms with Crippen LogP contribution in [0.25, 0.3) is 10.9 Å². The smallest absolute Gasteiger partial charge is 0.305 e. The van der Waals surface area contributed by atoms with Crippen molar-refractivity contribution in [2.45, 2.75) is 25.8 Å². The molecule has 0 spiro atoms. The van der Waals surface area contributed by atoms with E-state index in [1.54, 1.807) is 31.2 Å². The lowest BCUT2D eigenvalue weighted by molar-refractivity contribution is -0.137. The number of hydrogen-bond acceptors (Lipinski definition) is 3. The van der Waals surface area contributed by atoms with Crippen LogP contribution in [0, 0.1) is 0 Å². The number of carboxylic acids is 1. The van der Waals surface area contributed by atoms with Crippen LogP contribution in [0.5, 0.6) is 0 Å². The van der Waals surface area contributed by atoms with E-state index in [9.17, 15) is 14.4 Å². The molecule has 6 nitrogen and oxygen atoms in total. The van der Waals surface area contributed by atoms with E-state index < -0.39 is 17.9 Å². The summed E-state index contributed by atoms with van der Waals surface area (Å²) in [5.41, 5.74) is 0.449. The Morgan fingerprint density at radius 3 is 2.71 bits per heavy atom. The van der Waals surface area contributed by atoms with Gasteiger partial charge >= 0.3 is 5.97 Å². The summed E-state index contributed by atoms with van der Waals surface area (Å²) >= 11 is 0. The third-order valence-electron chi connectivity index (χ3n) is 3.24. The molecule has 0 fully saturated rings. The van der Waals surface area contributed by atoms with E-state index >= 15 is 0 Å². The van der Waals surface area contributed by atoms with Crippen LogP contribution in [0.15, 0.2) is 35.1 Å². The number of aromatic amines is 1. The van der Waals surface area contributed by atoms with Crippen LogP contribution >= 0.6 is 0 Å². The number of para-hydroxylation sites is 1. The van der Waals surface area contributed by atoms with E-state index in [0.717, 1.165) is 0 Å². The van der Waals surface area contributed by atoms with Crippen molar-refractivity contribution >= 4 is 22.8 Å². The van der Waals surface area contributed by atoms with Crippen LogP contribution < -0.4 is 10.9 Å². The molecule has 0 aliphatic rings. The first kappa shape index (κ1) is 14.8. The van der Waals surface area contributed by atoms with Crippen LogP contribution in [0.4, 0.5) is 0 Å². The van der Waals surface area contributed by atoms with Crippen molar-refractivity contribution < 1.29 is 14.7 Å². The van der Waals surface area contributed by atoms with Crippen LogP contribution in [-0.4, -0.2) is 28.0 Å². The number of fused-ring (bicyclic) bond motifs is 1. The van der Waals surface area contributed by atoms with Gasteiger partial charge < -0.3 is 15.4 Å². The molecule has 1 unspecified atom stereocenters. The molecule has 0 radical (unpaired) electrons. The number of carboxylic acid groups (broad SMARTS) is 1. The average molecular weight is 288 g/mol. The Hall–Kier alpha value is -2.63. The monoisotopic (exact) mass is 288 g/mol. The zero-order chi connectivity index (χ0) is 15.4. The Morgan fingerprint density at radius 2 is 2.05 bits per heavy atom. The van der Waals surface area contributed by atoms with Crippen molar-refractivity contribution in [1.29, 1.82) is 0 Å². The van der Waals surface area contributed by atoms with Crippen LogP contribution in [0.2, 0.25) is 0 Å². The predicted molar refractivity (Wildman–Crippen MR) is 78.4 cm³/mol. The zero-order valence-corrected chi connectivity index (χ0v) is 11.6. The average Bonchev–Trinajstić information content (AvgIpc) is 2.44. The molecule has 110 valence electrons. The minimum Gasteiger partial charge on any atom is -0.481 e. The van der Waals surface area contributed by atoms with Gasteiger partial charge in [0.05, 0.1) is 12.0 Å². The number of rotatable bonds is 5. The molecule has 2 rings (SSSR count). The summed E-state index contributed by atoms with van der Waals surface area (Å²) in [6.07, 6.45) is 0.350. The molecular weight excluding hydrogens is 272 g/mol. The van der Waals surface area contributed by atoms with E-state index in [2.05, 4.69) is 10.3 Å². The maximum absolute atomic E-state index is 12.3. The maximum atomic E-state index is 12.3. The Morgan fingerprint density at radius 1 is 1.33 bits per heavy atom. The zero-order valence-electron chi connectivity index (χ0n) is 11.6. The van der Waals surface area contributed by atoms with Crippen LogP contribution in [-0.2, 0) is 4.79 Å². The Labute approximate surface area is 120 Å². The second-order valence-electron chi connectivity index (χ2n) is 4.77. The standard InChI is InChI=1S/C15H16N2O4/c1-2-9(7-14(19)20)16-15(21)11-8-13(18)17-12-6-4-3-5-10(11)12/h3-6,8-9H,2,7H2,1H3,(H,16,21)(H,17,18)(H,19,20). The lowest BCUT2D eigenvalue weighted by atomic mass is 10.1. The lowest BCUT2D eigenvalue weighted by Gasteiger charge is -2.15. The van der Waals surface area contributed by atoms with Crippen LogP contribution in [0.3, 0.4) is 0 Å². The largest absolute Gasteiger partial charge is 0.481 e. The number of amides is 1. The van der Waals surface area contributed by atoms with Gasteiger partial charge in [-0.25, -0.2) is 0 Å². The van der Waals surface area contributed by atoms with Gasteiger partial charge in [0.15, 0.2) is 0 Å². The van der Waals surface area contributed by atoms with Gasteiger partial charge in [0, 0.05) is 23.0 Å². The fourth-order valence-corrected chi connectivity index (χ4v) is 2.16. The van der Waals surface area contributed by atoms with E-state index in [1.165, 1.54) is 6.07 Å². The highest BCUT2D eigenvalue weighted by Crippen LogP contribution is 2.15. The Kier molecular flexibility index (Phi) is 4.37. The fraction of sp³-hybridized carbons (Fsp3) is 0.267. The number of H-pyrrole nitrogens is 1. The molecule has 1 heterocycles. The van der Waals surface area contributed by atoms with Crippen molar-refractivity contribution in [3.63, 3.8) is 0 Å². The van der Waals surface area contributed by atoms with Crippen molar-refractivity contribution in [2.24, 2.45) is 0 Å². The fourth-order valence-electron chi connectivity index (χ4n) is 2.16. The number of nitrogens with one attached hydrogen (secondary N) is 2. The first-order valence-corrected chi connectivity index (χ1v) is 6.66. The van der Waals surface area contributed by atoms with E-state index in [-0.39, 0.29) is 17.5 Å². The highest BCUT2D eigenvalue weighted by Gasteiger charge is 2.17. The maximum Gasteiger partial charge on any atom is 0.305 e. The van der Waals surface area contributed by atoms with E-state index in [4.69, 9.17) is 5.11 Å². The quantitative estimate of drug-likeness (QED) is 0.776. The molecule has 1 aromatic carbocycles. The second kappa shape index (κ2) is 6.21. The highest BCUT2D eigenvalue weighted by molar-refractivity contribution is 6.06. The van der Waals surface area contributed by atoms with Crippen molar-refractivity contribution in [3.05, 3.63) is 46.2 Å². The van der Waals surface area contributed by atoms with Crippen molar-refractivity contribution in [3.8, 4) is 0 Å². The topological polar surface area (TPSA) is 99.3 Å². The number of carbonyl (C=O) groups excluding carboxylic acids is 1. The van der Waals surface area contributed by atoms with Gasteiger partial charge in [-0.3, -0.25) is 14.4 Å². The summed E-state index contributed by atoms with van der Waals surface area (Å²) < 4.78 is 0. The molecule has 0 aliphatic heterocycles. The molecule has 0 saturated carbocycles. The second-order valence-corrected chi connectivity index (χ2v) is 4.77. The molecule has 6 heteroatoms.